The molecule has 2 aromatic heterocycles. The molecule has 1 aliphatic rings. The van der Waals surface area contributed by atoms with E-state index in [1.165, 1.54) is 21.4 Å². The summed E-state index contributed by atoms with van der Waals surface area (Å²) in [6.07, 6.45) is 2.25. The summed E-state index contributed by atoms with van der Waals surface area (Å²) in [6.45, 7) is 3.56. The first kappa shape index (κ1) is 16.2. The molecule has 0 N–H and O–H groups in total. The molecule has 1 unspecified atom stereocenters. The molecule has 4 rings (SSSR count). The summed E-state index contributed by atoms with van der Waals surface area (Å²) >= 11 is 1.45. The molecule has 0 saturated carbocycles. The molecule has 1 aromatic carbocycles. The summed E-state index contributed by atoms with van der Waals surface area (Å²) in [7, 11) is 1.69. The lowest BCUT2D eigenvalue weighted by molar-refractivity contribution is 0.245. The van der Waals surface area contributed by atoms with E-state index < -0.39 is 0 Å². The van der Waals surface area contributed by atoms with Gasteiger partial charge in [-0.05, 0) is 44.0 Å². The van der Waals surface area contributed by atoms with Gasteiger partial charge in [-0.15, -0.1) is 0 Å². The van der Waals surface area contributed by atoms with E-state index >= 15 is 0 Å². The molecular formula is C18H20N4O2S. The Balaban J connectivity index is 1.62. The predicted octanol–water partition coefficient (Wildman–Crippen LogP) is 2.81. The summed E-state index contributed by atoms with van der Waals surface area (Å²) in [6, 6.07) is 10.2. The molecule has 7 heteroatoms. The molecule has 0 bridgehead atoms. The molecule has 0 spiro atoms. The maximum absolute atomic E-state index is 12.3. The van der Waals surface area contributed by atoms with Crippen molar-refractivity contribution in [3.05, 3.63) is 57.0 Å². The molecule has 25 heavy (non-hydrogen) atoms. The highest BCUT2D eigenvalue weighted by Crippen LogP contribution is 2.34. The molecule has 1 atom stereocenters. The summed E-state index contributed by atoms with van der Waals surface area (Å²) in [5.74, 6) is 0.877. The van der Waals surface area contributed by atoms with Gasteiger partial charge in [0.05, 0.1) is 12.8 Å². The first-order valence-corrected chi connectivity index (χ1v) is 9.20. The topological polar surface area (TPSA) is 59.7 Å². The van der Waals surface area contributed by atoms with Crippen LogP contribution >= 0.6 is 11.3 Å². The van der Waals surface area contributed by atoms with Gasteiger partial charge in [0.1, 0.15) is 10.8 Å². The zero-order valence-electron chi connectivity index (χ0n) is 14.3. The van der Waals surface area contributed by atoms with Crippen LogP contribution in [0.25, 0.3) is 4.96 Å². The van der Waals surface area contributed by atoms with Gasteiger partial charge in [0, 0.05) is 18.7 Å². The van der Waals surface area contributed by atoms with E-state index in [-0.39, 0.29) is 5.56 Å². The molecule has 6 nitrogen and oxygen atoms in total. The molecular weight excluding hydrogens is 336 g/mol. The third-order valence-electron chi connectivity index (χ3n) is 4.61. The second kappa shape index (κ2) is 6.57. The number of hydrogen-bond donors (Lipinski definition) is 0. The zero-order valence-corrected chi connectivity index (χ0v) is 15.1. The number of rotatable bonds is 4. The first-order valence-electron chi connectivity index (χ1n) is 8.38. The number of aryl methyl sites for hydroxylation is 1. The van der Waals surface area contributed by atoms with E-state index in [1.54, 1.807) is 13.2 Å². The molecule has 1 aliphatic heterocycles. The van der Waals surface area contributed by atoms with Crippen LogP contribution in [0.5, 0.6) is 5.75 Å². The van der Waals surface area contributed by atoms with Crippen LogP contribution in [0.2, 0.25) is 0 Å². The monoisotopic (exact) mass is 356 g/mol. The number of aromatic nitrogens is 3. The van der Waals surface area contributed by atoms with Gasteiger partial charge in [0.15, 0.2) is 0 Å². The highest BCUT2D eigenvalue weighted by molar-refractivity contribution is 7.16. The number of nitrogens with zero attached hydrogens (tertiary/aromatic N) is 4. The Morgan fingerprint density at radius 1 is 1.36 bits per heavy atom. The van der Waals surface area contributed by atoms with Crippen LogP contribution < -0.4 is 10.3 Å². The second-order valence-corrected chi connectivity index (χ2v) is 7.47. The maximum atomic E-state index is 12.3. The van der Waals surface area contributed by atoms with Crippen LogP contribution in [0, 0.1) is 6.92 Å². The first-order chi connectivity index (χ1) is 12.1. The molecule has 0 aliphatic carbocycles. The van der Waals surface area contributed by atoms with Crippen molar-refractivity contribution in [3.8, 4) is 5.75 Å². The minimum Gasteiger partial charge on any atom is -0.497 e. The Bertz CT molecular complexity index is 965. The molecule has 3 aromatic rings. The third-order valence-corrected chi connectivity index (χ3v) is 5.43. The Labute approximate surface area is 149 Å². The van der Waals surface area contributed by atoms with Crippen molar-refractivity contribution in [1.29, 1.82) is 0 Å². The Kier molecular flexibility index (Phi) is 4.27. The summed E-state index contributed by atoms with van der Waals surface area (Å²) in [5.41, 5.74) is 1.95. The quantitative estimate of drug-likeness (QED) is 0.719. The molecule has 130 valence electrons. The minimum absolute atomic E-state index is 0.110. The molecule has 0 amide bonds. The minimum atomic E-state index is -0.110. The van der Waals surface area contributed by atoms with E-state index in [1.807, 2.05) is 19.1 Å². The highest BCUT2D eigenvalue weighted by Gasteiger charge is 2.27. The van der Waals surface area contributed by atoms with Crippen molar-refractivity contribution in [2.45, 2.75) is 32.4 Å². The Hall–Kier alpha value is -2.25. The lowest BCUT2D eigenvalue weighted by Crippen LogP contribution is -2.25. The predicted molar refractivity (Wildman–Crippen MR) is 97.3 cm³/mol. The number of fused-ring (bicyclic) bond motifs is 1. The normalized spacial score (nSPS) is 18.1. The van der Waals surface area contributed by atoms with Crippen LogP contribution in [0.4, 0.5) is 0 Å². The third kappa shape index (κ3) is 3.17. The molecule has 1 fully saturated rings. The van der Waals surface area contributed by atoms with Crippen LogP contribution in [0.1, 0.15) is 35.1 Å². The summed E-state index contributed by atoms with van der Waals surface area (Å²) in [4.78, 5) is 19.9. The van der Waals surface area contributed by atoms with Gasteiger partial charge in [-0.3, -0.25) is 9.69 Å². The van der Waals surface area contributed by atoms with Gasteiger partial charge < -0.3 is 4.74 Å². The van der Waals surface area contributed by atoms with Gasteiger partial charge in [-0.25, -0.2) is 4.98 Å². The zero-order chi connectivity index (χ0) is 17.4. The van der Waals surface area contributed by atoms with Crippen molar-refractivity contribution in [1.82, 2.24) is 19.5 Å². The fourth-order valence-corrected chi connectivity index (χ4v) is 4.25. The van der Waals surface area contributed by atoms with Crippen LogP contribution in [0.15, 0.2) is 35.1 Å². The summed E-state index contributed by atoms with van der Waals surface area (Å²) < 4.78 is 6.74. The molecule has 3 heterocycles. The largest absolute Gasteiger partial charge is 0.497 e. The lowest BCUT2D eigenvalue weighted by atomic mass is 10.0. The van der Waals surface area contributed by atoms with Crippen molar-refractivity contribution in [3.63, 3.8) is 0 Å². The molecule has 1 saturated heterocycles. The van der Waals surface area contributed by atoms with Crippen molar-refractivity contribution in [2.75, 3.05) is 13.7 Å². The van der Waals surface area contributed by atoms with Gasteiger partial charge in [0.25, 0.3) is 5.56 Å². The number of methoxy groups -OCH3 is 1. The number of benzene rings is 1. The second-order valence-electron chi connectivity index (χ2n) is 6.31. The maximum Gasteiger partial charge on any atom is 0.275 e. The number of hydrogen-bond acceptors (Lipinski definition) is 6. The Morgan fingerprint density at radius 3 is 3.08 bits per heavy atom. The fourth-order valence-electron chi connectivity index (χ4n) is 3.48. The van der Waals surface area contributed by atoms with E-state index in [2.05, 4.69) is 27.1 Å². The van der Waals surface area contributed by atoms with Crippen LogP contribution in [-0.4, -0.2) is 33.2 Å². The summed E-state index contributed by atoms with van der Waals surface area (Å²) in [5, 5.41) is 5.04. The van der Waals surface area contributed by atoms with Gasteiger partial charge in [-0.1, -0.05) is 23.5 Å². The average Bonchev–Trinajstić information content (AvgIpc) is 3.21. The molecule has 0 radical (unpaired) electrons. The highest BCUT2D eigenvalue weighted by atomic mass is 32.1. The van der Waals surface area contributed by atoms with E-state index in [0.717, 1.165) is 35.8 Å². The van der Waals surface area contributed by atoms with Gasteiger partial charge in [0.2, 0.25) is 4.96 Å². The number of ether oxygens (including phenoxy) is 1. The van der Waals surface area contributed by atoms with E-state index in [0.29, 0.717) is 17.5 Å². The lowest BCUT2D eigenvalue weighted by Gasteiger charge is -2.24. The van der Waals surface area contributed by atoms with Crippen LogP contribution in [0.3, 0.4) is 0 Å². The van der Waals surface area contributed by atoms with Crippen molar-refractivity contribution < 1.29 is 4.74 Å². The van der Waals surface area contributed by atoms with Crippen molar-refractivity contribution in [2.24, 2.45) is 0 Å². The standard InChI is InChI=1S/C18H20N4O2S/c1-12-20-22-17(23)10-14(19-18(22)25-12)11-21-8-4-7-16(21)13-5-3-6-15(9-13)24-2/h3,5-6,9-10,16H,4,7-8,11H2,1-2H3. The SMILES string of the molecule is COc1cccc(C2CCCN2Cc2cc(=O)n3nc(C)sc3n2)c1. The van der Waals surface area contributed by atoms with Crippen LogP contribution in [-0.2, 0) is 6.54 Å². The van der Waals surface area contributed by atoms with Gasteiger partial charge in [-0.2, -0.15) is 9.61 Å². The fraction of sp³-hybridized carbons (Fsp3) is 0.389. The Morgan fingerprint density at radius 2 is 2.24 bits per heavy atom. The number of likely N-dealkylation sites (tertiary alicyclic amines) is 1. The van der Waals surface area contributed by atoms with E-state index in [9.17, 15) is 4.79 Å². The van der Waals surface area contributed by atoms with E-state index in [4.69, 9.17) is 4.74 Å². The smallest absolute Gasteiger partial charge is 0.275 e. The van der Waals surface area contributed by atoms with Crippen molar-refractivity contribution >= 4 is 16.3 Å². The average molecular weight is 356 g/mol. The van der Waals surface area contributed by atoms with Gasteiger partial charge >= 0.3 is 0 Å².